The summed E-state index contributed by atoms with van der Waals surface area (Å²) in [6, 6.07) is 43.3. The molecule has 2 N–H and O–H groups in total. The molecule has 8 rings (SSSR count). The van der Waals surface area contributed by atoms with Gasteiger partial charge < -0.3 is 18.9 Å². The van der Waals surface area contributed by atoms with Crippen LogP contribution in [-0.2, 0) is 30.3 Å². The summed E-state index contributed by atoms with van der Waals surface area (Å²) < 4.78 is 148. The first-order chi connectivity index (χ1) is 36.5. The first kappa shape index (κ1) is 55.3. The van der Waals surface area contributed by atoms with Crippen molar-refractivity contribution in [3.05, 3.63) is 233 Å². The highest BCUT2D eigenvalue weighted by molar-refractivity contribution is 7.94. The molecule has 0 aliphatic carbocycles. The van der Waals surface area contributed by atoms with Gasteiger partial charge in [-0.15, -0.1) is 4.33 Å². The molecule has 0 fully saturated rings. The third kappa shape index (κ3) is 12.0. The zero-order chi connectivity index (χ0) is 55.3. The Morgan fingerprint density at radius 3 is 1.27 bits per heavy atom. The Bertz CT molecular complexity index is 3480. The van der Waals surface area contributed by atoms with Crippen molar-refractivity contribution in [3.63, 3.8) is 0 Å². The Balaban J connectivity index is 0.875. The molecule has 0 heterocycles. The number of alkyl halides is 6. The van der Waals surface area contributed by atoms with Gasteiger partial charge in [0.15, 0.2) is 11.6 Å². The maximum atomic E-state index is 14.6. The predicted octanol–water partition coefficient (Wildman–Crippen LogP) is 14.9. The van der Waals surface area contributed by atoms with E-state index in [1.165, 1.54) is 61.7 Å². The van der Waals surface area contributed by atoms with Crippen molar-refractivity contribution in [3.8, 4) is 40.2 Å². The fourth-order valence-corrected chi connectivity index (χ4v) is 9.37. The summed E-state index contributed by atoms with van der Waals surface area (Å²) >= 11 is 0.557. The van der Waals surface area contributed by atoms with Gasteiger partial charge in [-0.3, -0.25) is 14.1 Å². The number of ketones is 2. The Hall–Kier alpha value is -7.98. The molecule has 20 heteroatoms. The van der Waals surface area contributed by atoms with E-state index in [2.05, 4.69) is 9.37 Å². The van der Waals surface area contributed by atoms with Crippen molar-refractivity contribution in [1.29, 1.82) is 0 Å². The van der Waals surface area contributed by atoms with Crippen LogP contribution in [0.15, 0.2) is 198 Å². The molecule has 0 radical (unpaired) electrons. The number of carbonyl (C=O) groups is 2. The van der Waals surface area contributed by atoms with E-state index in [4.69, 9.17) is 24.2 Å². The fourth-order valence-electron chi connectivity index (χ4n) is 8.37. The zero-order valence-corrected chi connectivity index (χ0v) is 42.1. The third-order valence-corrected chi connectivity index (χ3v) is 14.0. The Morgan fingerprint density at radius 2 is 0.857 bits per heavy atom. The van der Waals surface area contributed by atoms with Gasteiger partial charge in [-0.1, -0.05) is 79.5 Å². The molecule has 0 spiro atoms. The largest absolute Gasteiger partial charge is 0.497 e. The van der Waals surface area contributed by atoms with Crippen LogP contribution in [0, 0.1) is 0 Å². The van der Waals surface area contributed by atoms with Crippen LogP contribution in [0.3, 0.4) is 0 Å². The molecule has 8 aromatic rings. The Morgan fingerprint density at radius 1 is 0.481 bits per heavy atom. The predicted molar refractivity (Wildman–Crippen MR) is 271 cm³/mol. The van der Waals surface area contributed by atoms with Crippen LogP contribution >= 0.6 is 12.0 Å². The molecule has 12 nitrogen and oxygen atoms in total. The smallest absolute Gasteiger partial charge is 0.411 e. The van der Waals surface area contributed by atoms with E-state index >= 15 is 0 Å². The molecule has 0 atom stereocenters. The van der Waals surface area contributed by atoms with E-state index in [-0.39, 0.29) is 50.4 Å². The molecule has 0 saturated carbocycles. The lowest BCUT2D eigenvalue weighted by Crippen LogP contribution is -2.54. The van der Waals surface area contributed by atoms with E-state index in [1.807, 2.05) is 50.2 Å². The normalized spacial score (nSPS) is 12.2. The summed E-state index contributed by atoms with van der Waals surface area (Å²) in [5.74, 6) is 0.952. The van der Waals surface area contributed by atoms with E-state index in [0.717, 1.165) is 71.8 Å². The van der Waals surface area contributed by atoms with Crippen LogP contribution in [0.4, 0.5) is 26.3 Å². The topological polar surface area (TPSA) is 164 Å². The maximum absolute atomic E-state index is 14.6. The minimum atomic E-state index is -5.77. The third-order valence-electron chi connectivity index (χ3n) is 12.5. The lowest BCUT2D eigenvalue weighted by atomic mass is 9.73. The molecule has 8 aromatic carbocycles. The number of halogens is 6. The van der Waals surface area contributed by atoms with Gasteiger partial charge in [-0.2, -0.15) is 34.8 Å². The lowest BCUT2D eigenvalue weighted by Gasteiger charge is -2.38. The molecule has 0 bridgehead atoms. The summed E-state index contributed by atoms with van der Waals surface area (Å²) in [4.78, 5) is 26.4. The van der Waals surface area contributed by atoms with Gasteiger partial charge in [0, 0.05) is 27.7 Å². The number of ether oxygens (including phenoxy) is 4. The minimum Gasteiger partial charge on any atom is -0.497 e. The molecule has 0 aliphatic rings. The van der Waals surface area contributed by atoms with E-state index in [1.54, 1.807) is 36.4 Å². The van der Waals surface area contributed by atoms with Gasteiger partial charge in [-0.25, -0.2) is 5.26 Å². The van der Waals surface area contributed by atoms with Crippen LogP contribution in [0.5, 0.6) is 40.2 Å². The number of carbonyl (C=O) groups excluding carboxylic acids is 2. The first-order valence-electron chi connectivity index (χ1n) is 22.8. The average molecular weight is 1100 g/mol. The molecule has 0 unspecified atom stereocenters. The van der Waals surface area contributed by atoms with Crippen molar-refractivity contribution in [2.24, 2.45) is 0 Å². The Kier molecular flexibility index (Phi) is 16.0. The minimum absolute atomic E-state index is 0.00311. The van der Waals surface area contributed by atoms with Crippen LogP contribution in [0.1, 0.15) is 67.9 Å². The van der Waals surface area contributed by atoms with E-state index in [0.29, 0.717) is 34.9 Å². The fraction of sp³-hybridized carbons (Fsp3) is 0.123. The quantitative estimate of drug-likeness (QED) is 0.0196. The van der Waals surface area contributed by atoms with Crippen molar-refractivity contribution in [2.45, 2.75) is 46.8 Å². The number of hydrogen-bond donors (Lipinski definition) is 2. The van der Waals surface area contributed by atoms with E-state index in [9.17, 15) is 48.9 Å². The van der Waals surface area contributed by atoms with Crippen LogP contribution in [0.25, 0.3) is 0 Å². The van der Waals surface area contributed by atoms with E-state index < -0.39 is 55.1 Å². The Labute approximate surface area is 441 Å². The second-order valence-electron chi connectivity index (χ2n) is 17.6. The van der Waals surface area contributed by atoms with Crippen molar-refractivity contribution in [1.82, 2.24) is 0 Å². The number of rotatable bonds is 19. The highest BCUT2D eigenvalue weighted by atomic mass is 32.2. The van der Waals surface area contributed by atoms with Gasteiger partial charge in [-0.05, 0) is 150 Å². The molecule has 0 aliphatic heterocycles. The van der Waals surface area contributed by atoms with Crippen molar-refractivity contribution in [2.75, 3.05) is 7.11 Å². The zero-order valence-electron chi connectivity index (χ0n) is 40.5. The van der Waals surface area contributed by atoms with Gasteiger partial charge in [0.2, 0.25) is 5.41 Å². The monoisotopic (exact) mass is 1100 g/mol. The van der Waals surface area contributed by atoms with Crippen molar-refractivity contribution < 1.29 is 82.5 Å². The SMILES string of the molecule is COc1ccc(C(c2ccc(Oc3ccc(C(=O)c4ccc(Oc5ccc(C(C)(C)c6ccc(Oc7ccc(C(=O)c8cccc(S(=O)(=O)O)c8)cc7SOOO)cc6)cc5)cc4)cc3)cc2)(C(F)(F)F)C(F)(F)F)cc1. The van der Waals surface area contributed by atoms with Crippen molar-refractivity contribution >= 4 is 33.7 Å². The second kappa shape index (κ2) is 22.3. The van der Waals surface area contributed by atoms with Gasteiger partial charge in [0.1, 0.15) is 40.2 Å². The van der Waals surface area contributed by atoms with Gasteiger partial charge in [0.25, 0.3) is 10.1 Å². The number of benzene rings is 8. The summed E-state index contributed by atoms with van der Waals surface area (Å²) in [6.07, 6.45) is -11.5. The molecular weight excluding hydrogens is 1050 g/mol. The molecule has 396 valence electrons. The summed E-state index contributed by atoms with van der Waals surface area (Å²) in [6.45, 7) is 4.08. The number of hydrogen-bond acceptors (Lipinski definition) is 12. The van der Waals surface area contributed by atoms with Gasteiger partial charge >= 0.3 is 12.4 Å². The summed E-state index contributed by atoms with van der Waals surface area (Å²) in [5.41, 5.74) is -4.31. The highest BCUT2D eigenvalue weighted by Gasteiger charge is 2.72. The van der Waals surface area contributed by atoms with Crippen LogP contribution in [-0.4, -0.2) is 49.3 Å². The maximum Gasteiger partial charge on any atom is 0.411 e. The summed E-state index contributed by atoms with van der Waals surface area (Å²) in [5, 5.41) is 12.6. The highest BCUT2D eigenvalue weighted by Crippen LogP contribution is 2.56. The molecule has 77 heavy (non-hydrogen) atoms. The van der Waals surface area contributed by atoms with Crippen LogP contribution in [0.2, 0.25) is 0 Å². The average Bonchev–Trinajstić information content (AvgIpc) is 3.41. The first-order valence-corrected chi connectivity index (χ1v) is 25.0. The molecule has 0 amide bonds. The summed E-state index contributed by atoms with van der Waals surface area (Å²) in [7, 11) is -3.32. The molecule has 0 saturated heterocycles. The number of methoxy groups -OCH3 is 1. The molecular formula is C57H42F6O12S2. The standard InChI is InChI=1S/C57H42F6O12S2/c1-54(2,40-14-28-48(29-15-40)73-50-32-11-38(34-51(50)76-75-74-66)53(65)37-5-4-6-49(33-37)77(67,68)69)39-12-26-46(27-13-39)71-44-20-7-35(8-21-44)52(64)36-9-22-45(23-10-36)72-47-30-18-42(19-31-47)55(56(58,59)60,57(61,62)63)41-16-24-43(70-3)25-17-41/h4-34,66H,1-3H3,(H,67,68,69). The molecule has 0 aromatic heterocycles. The lowest BCUT2D eigenvalue weighted by molar-refractivity contribution is -0.432. The van der Waals surface area contributed by atoms with Crippen LogP contribution < -0.4 is 18.9 Å². The second-order valence-corrected chi connectivity index (χ2v) is 19.7. The van der Waals surface area contributed by atoms with Gasteiger partial charge in [0.05, 0.1) is 28.9 Å².